The van der Waals surface area contributed by atoms with Gasteiger partial charge in [0.25, 0.3) is 0 Å². The Kier molecular flexibility index (Phi) is 14.2. The summed E-state index contributed by atoms with van der Waals surface area (Å²) in [5.74, 6) is 0. The van der Waals surface area contributed by atoms with Crippen LogP contribution in [0.5, 0.6) is 0 Å². The Hall–Kier alpha value is 0.0769. The lowest BCUT2D eigenvalue weighted by atomic mass is 10.1. The maximum absolute atomic E-state index is 12.5. The molecule has 0 radical (unpaired) electrons. The van der Waals surface area contributed by atoms with Crippen molar-refractivity contribution in [2.45, 2.75) is 71.0 Å². The number of carbonyl (C=O) groups excluding carboxylic acids is 1. The third kappa shape index (κ3) is 10.7. The molecule has 0 amide bonds. The Bertz CT molecular complexity index is 351. The first kappa shape index (κ1) is 25.1. The van der Waals surface area contributed by atoms with Crippen LogP contribution >= 0.6 is 11.2 Å². The summed E-state index contributed by atoms with van der Waals surface area (Å²) in [7, 11) is 7.31. The summed E-state index contributed by atoms with van der Waals surface area (Å²) < 4.78 is 12.1. The minimum absolute atomic E-state index is 0.170. The predicted molar refractivity (Wildman–Crippen MR) is 111 cm³/mol. The minimum Gasteiger partial charge on any atom is -0.390 e. The van der Waals surface area contributed by atoms with E-state index in [1.165, 1.54) is 30.5 Å². The molecule has 0 saturated heterocycles. The number of hydrogen-bond acceptors (Lipinski definition) is 6. The third-order valence-corrected chi connectivity index (χ3v) is 10.4. The molecule has 1 unspecified atom stereocenters. The second-order valence-electron chi connectivity index (χ2n) is 6.99. The minimum atomic E-state index is -2.55. The summed E-state index contributed by atoms with van der Waals surface area (Å²) >= 11 is 1.36. The predicted octanol–water partition coefficient (Wildman–Crippen LogP) is 4.07. The van der Waals surface area contributed by atoms with E-state index in [1.54, 1.807) is 7.11 Å². The van der Waals surface area contributed by atoms with Crippen LogP contribution in [0, 0.1) is 0 Å². The van der Waals surface area contributed by atoms with Crippen molar-refractivity contribution >= 4 is 24.0 Å². The van der Waals surface area contributed by atoms with Gasteiger partial charge in [-0.3, -0.25) is 14.6 Å². The van der Waals surface area contributed by atoms with E-state index >= 15 is 0 Å². The fraction of sp³-hybridized carbons (Fsp3) is 0.944. The Labute approximate surface area is 160 Å². The van der Waals surface area contributed by atoms with E-state index < -0.39 is 7.71 Å². The van der Waals surface area contributed by atoms with Gasteiger partial charge >= 0.3 is 7.71 Å². The van der Waals surface area contributed by atoms with Crippen molar-refractivity contribution in [3.05, 3.63) is 0 Å². The first-order valence-electron chi connectivity index (χ1n) is 9.55. The van der Waals surface area contributed by atoms with Gasteiger partial charge < -0.3 is 8.85 Å². The van der Waals surface area contributed by atoms with Crippen LogP contribution in [-0.2, 0) is 13.6 Å². The highest BCUT2D eigenvalue weighted by atomic mass is 32.4. The van der Waals surface area contributed by atoms with Gasteiger partial charge in [-0.05, 0) is 34.6 Å². The van der Waals surface area contributed by atoms with E-state index in [0.717, 1.165) is 25.3 Å². The molecule has 0 spiro atoms. The zero-order valence-electron chi connectivity index (χ0n) is 17.5. The number of rotatable bonds is 15. The quantitative estimate of drug-likeness (QED) is 0.238. The second-order valence-corrected chi connectivity index (χ2v) is 12.7. The normalized spacial score (nSPS) is 14.5. The maximum Gasteiger partial charge on any atom is 0.413 e. The van der Waals surface area contributed by atoms with Crippen LogP contribution in [0.1, 0.15) is 58.8 Å². The highest BCUT2D eigenvalue weighted by molar-refractivity contribution is 8.38. The summed E-state index contributed by atoms with van der Waals surface area (Å²) in [5, 5.41) is 0.227. The molecule has 0 heterocycles. The molecule has 0 saturated carbocycles. The first-order valence-corrected chi connectivity index (χ1v) is 13.1. The summed E-state index contributed by atoms with van der Waals surface area (Å²) in [6.45, 7) is 4.88. The van der Waals surface area contributed by atoms with Crippen LogP contribution < -0.4 is 0 Å². The molecule has 0 aliphatic carbocycles. The maximum atomic E-state index is 12.5. The molecule has 25 heavy (non-hydrogen) atoms. The molecule has 150 valence electrons. The van der Waals surface area contributed by atoms with Crippen molar-refractivity contribution in [3.63, 3.8) is 0 Å². The third-order valence-electron chi connectivity index (χ3n) is 4.27. The van der Waals surface area contributed by atoms with Gasteiger partial charge in [-0.25, -0.2) is 0 Å². The molecule has 0 N–H and O–H groups in total. The van der Waals surface area contributed by atoms with Crippen LogP contribution in [0.15, 0.2) is 0 Å². The van der Waals surface area contributed by atoms with Crippen molar-refractivity contribution < 1.29 is 13.6 Å². The van der Waals surface area contributed by atoms with Gasteiger partial charge in [-0.15, -0.1) is 0 Å². The highest BCUT2D eigenvalue weighted by Gasteiger charge is 2.40. The monoisotopic (exact) mass is 392 g/mol. The van der Waals surface area contributed by atoms with Gasteiger partial charge in [0.05, 0.1) is 12.8 Å². The zero-order valence-corrected chi connectivity index (χ0v) is 19.3. The van der Waals surface area contributed by atoms with Gasteiger partial charge in [0.15, 0.2) is 5.12 Å². The lowest BCUT2D eigenvalue weighted by molar-refractivity contribution is -0.111. The van der Waals surface area contributed by atoms with Gasteiger partial charge in [-0.1, -0.05) is 57.2 Å². The second kappa shape index (κ2) is 14.2. The van der Waals surface area contributed by atoms with Crippen molar-refractivity contribution in [1.29, 1.82) is 0 Å². The molecule has 0 fully saturated rings. The van der Waals surface area contributed by atoms with Crippen LogP contribution in [0.25, 0.3) is 0 Å². The standard InChI is InChI=1S/C18H40N2O3SSi/c1-8-10-11-12-13-14-18(21)24-25(22-7,15-9-2)23-16-17(19(3)4)20(5)6/h17H,8-16H2,1-7H3. The number of unbranched alkanes of at least 4 members (excludes halogenated alkanes) is 4. The van der Waals surface area contributed by atoms with E-state index in [2.05, 4.69) is 23.6 Å². The molecule has 0 aromatic rings. The van der Waals surface area contributed by atoms with E-state index in [1.807, 2.05) is 28.2 Å². The average Bonchev–Trinajstić information content (AvgIpc) is 2.54. The fourth-order valence-corrected chi connectivity index (χ4v) is 7.94. The summed E-state index contributed by atoms with van der Waals surface area (Å²) in [6, 6.07) is 0.837. The van der Waals surface area contributed by atoms with Crippen molar-refractivity contribution in [2.75, 3.05) is 41.9 Å². The smallest absolute Gasteiger partial charge is 0.390 e. The molecule has 5 nitrogen and oxygen atoms in total. The van der Waals surface area contributed by atoms with Gasteiger partial charge in [0.2, 0.25) is 0 Å². The molecule has 7 heteroatoms. The summed E-state index contributed by atoms with van der Waals surface area (Å²) in [6.07, 6.45) is 7.59. The van der Waals surface area contributed by atoms with E-state index in [9.17, 15) is 4.79 Å². The average molecular weight is 393 g/mol. The van der Waals surface area contributed by atoms with Gasteiger partial charge in [0.1, 0.15) is 0 Å². The molecule has 0 rings (SSSR count). The van der Waals surface area contributed by atoms with Crippen LogP contribution in [0.4, 0.5) is 0 Å². The summed E-state index contributed by atoms with van der Waals surface area (Å²) in [5.41, 5.74) is 0. The lowest BCUT2D eigenvalue weighted by Gasteiger charge is -2.34. The molecule has 0 aliphatic rings. The van der Waals surface area contributed by atoms with Crippen molar-refractivity contribution in [3.8, 4) is 0 Å². The van der Waals surface area contributed by atoms with Crippen LogP contribution in [0.3, 0.4) is 0 Å². The number of carbonyl (C=O) groups is 1. The Morgan fingerprint density at radius 2 is 1.60 bits per heavy atom. The van der Waals surface area contributed by atoms with Crippen LogP contribution in [-0.4, -0.2) is 70.7 Å². The molecule has 0 bridgehead atoms. The zero-order chi connectivity index (χ0) is 19.3. The van der Waals surface area contributed by atoms with Gasteiger partial charge in [0, 0.05) is 19.6 Å². The van der Waals surface area contributed by atoms with E-state index in [0.29, 0.717) is 13.0 Å². The molecular formula is C18H40N2O3SSi. The molecule has 0 aromatic heterocycles. The number of likely N-dealkylation sites (N-methyl/N-ethyl adjacent to an activating group) is 2. The molecule has 1 atom stereocenters. The molecular weight excluding hydrogens is 352 g/mol. The van der Waals surface area contributed by atoms with Crippen molar-refractivity contribution in [2.24, 2.45) is 0 Å². The van der Waals surface area contributed by atoms with Gasteiger partial charge in [-0.2, -0.15) is 0 Å². The Morgan fingerprint density at radius 3 is 2.08 bits per heavy atom. The first-order chi connectivity index (χ1) is 11.8. The van der Waals surface area contributed by atoms with Crippen LogP contribution in [0.2, 0.25) is 6.04 Å². The lowest BCUT2D eigenvalue weighted by Crippen LogP contribution is -2.48. The topological polar surface area (TPSA) is 42.0 Å². The molecule has 0 aromatic carbocycles. The number of nitrogens with zero attached hydrogens (tertiary/aromatic N) is 2. The largest absolute Gasteiger partial charge is 0.413 e. The van der Waals surface area contributed by atoms with E-state index in [-0.39, 0.29) is 11.3 Å². The summed E-state index contributed by atoms with van der Waals surface area (Å²) in [4.78, 5) is 16.7. The Morgan fingerprint density at radius 1 is 1.00 bits per heavy atom. The highest BCUT2D eigenvalue weighted by Crippen LogP contribution is 2.31. The SMILES string of the molecule is CCCCCCCC(=O)S[Si](CCC)(OC)OCC(N(C)C)N(C)C. The fourth-order valence-electron chi connectivity index (χ4n) is 2.72. The number of hydrogen-bond donors (Lipinski definition) is 0. The Balaban J connectivity index is 4.65. The van der Waals surface area contributed by atoms with E-state index in [4.69, 9.17) is 8.85 Å². The molecule has 0 aliphatic heterocycles. The van der Waals surface area contributed by atoms with Crippen molar-refractivity contribution in [1.82, 2.24) is 9.80 Å².